The lowest BCUT2D eigenvalue weighted by molar-refractivity contribution is -0.159. The van der Waals surface area contributed by atoms with E-state index in [1.54, 1.807) is 0 Å². The van der Waals surface area contributed by atoms with Gasteiger partial charge in [-0.3, -0.25) is 4.79 Å². The number of carbonyl (C=O) groups is 3. The summed E-state index contributed by atoms with van der Waals surface area (Å²) in [6.45, 7) is 5.92. The van der Waals surface area contributed by atoms with Gasteiger partial charge in [-0.1, -0.05) is 0 Å². The molecule has 0 atom stereocenters. The van der Waals surface area contributed by atoms with Gasteiger partial charge in [0.15, 0.2) is 0 Å². The third-order valence-electron chi connectivity index (χ3n) is 1.08. The fourth-order valence-corrected chi connectivity index (χ4v) is 0.422. The molecule has 102 valence electrons. The first-order valence-corrected chi connectivity index (χ1v) is 4.86. The van der Waals surface area contributed by atoms with Gasteiger partial charge in [-0.05, 0) is 32.9 Å². The van der Waals surface area contributed by atoms with Gasteiger partial charge < -0.3 is 19.9 Å². The zero-order valence-electron chi connectivity index (χ0n) is 10.4. The molecule has 7 heteroatoms. The molecule has 0 saturated carbocycles. The number of hydrogen-bond donors (Lipinski definition) is 3. The molecule has 1 aromatic heterocycles. The zero-order valence-corrected chi connectivity index (χ0v) is 10.4. The van der Waals surface area contributed by atoms with Gasteiger partial charge in [0.1, 0.15) is 5.60 Å². The molecule has 3 N–H and O–H groups in total. The molecule has 1 aromatic rings. The SMILES string of the molecule is CC(C)(C)OC=O.O=C(O)C(=O)O.c1cc[nH]c1. The lowest BCUT2D eigenvalue weighted by Gasteiger charge is -2.14. The van der Waals surface area contributed by atoms with Crippen molar-refractivity contribution in [1.29, 1.82) is 0 Å². The number of H-pyrrole nitrogens is 1. The van der Waals surface area contributed by atoms with Crippen LogP contribution in [0.2, 0.25) is 0 Å². The number of rotatable bonds is 1. The second-order valence-corrected chi connectivity index (χ2v) is 3.82. The lowest BCUT2D eigenvalue weighted by Crippen LogP contribution is -2.17. The van der Waals surface area contributed by atoms with Gasteiger partial charge in [-0.2, -0.15) is 0 Å². The van der Waals surface area contributed by atoms with Crippen molar-refractivity contribution in [2.75, 3.05) is 0 Å². The predicted octanol–water partition coefficient (Wildman–Crippen LogP) is 1.13. The van der Waals surface area contributed by atoms with Crippen molar-refractivity contribution in [3.63, 3.8) is 0 Å². The number of ether oxygens (including phenoxy) is 1. The number of hydrogen-bond acceptors (Lipinski definition) is 4. The third-order valence-corrected chi connectivity index (χ3v) is 1.08. The summed E-state index contributed by atoms with van der Waals surface area (Å²) in [5.41, 5.74) is -0.318. The lowest BCUT2D eigenvalue weighted by atomic mass is 10.2. The maximum atomic E-state index is 9.60. The molecule has 0 saturated heterocycles. The molecule has 0 spiro atoms. The summed E-state index contributed by atoms with van der Waals surface area (Å²) in [5.74, 6) is -3.65. The molecular weight excluding hydrogens is 242 g/mol. The van der Waals surface area contributed by atoms with E-state index in [-0.39, 0.29) is 5.60 Å². The van der Waals surface area contributed by atoms with Crippen molar-refractivity contribution in [1.82, 2.24) is 4.98 Å². The topological polar surface area (TPSA) is 117 Å². The molecule has 0 aliphatic heterocycles. The molecule has 0 aliphatic rings. The van der Waals surface area contributed by atoms with Crippen LogP contribution < -0.4 is 0 Å². The van der Waals surface area contributed by atoms with Gasteiger partial charge in [0.2, 0.25) is 0 Å². The molecular formula is C11H17NO6. The highest BCUT2D eigenvalue weighted by molar-refractivity contribution is 6.27. The van der Waals surface area contributed by atoms with Crippen LogP contribution in [0.3, 0.4) is 0 Å². The number of aromatic amines is 1. The van der Waals surface area contributed by atoms with Gasteiger partial charge >= 0.3 is 11.9 Å². The predicted molar refractivity (Wildman–Crippen MR) is 63.0 cm³/mol. The Kier molecular flexibility index (Phi) is 9.92. The van der Waals surface area contributed by atoms with Gasteiger partial charge in [0, 0.05) is 12.4 Å². The molecule has 0 bridgehead atoms. The first kappa shape index (κ1) is 18.1. The molecule has 0 amide bonds. The normalized spacial score (nSPS) is 8.83. The van der Waals surface area contributed by atoms with Crippen molar-refractivity contribution in [3.8, 4) is 0 Å². The summed E-state index contributed by atoms with van der Waals surface area (Å²) in [6.07, 6.45) is 3.75. The largest absolute Gasteiger partial charge is 0.473 e. The Morgan fingerprint density at radius 3 is 1.56 bits per heavy atom. The maximum Gasteiger partial charge on any atom is 0.414 e. The summed E-state index contributed by atoms with van der Waals surface area (Å²) in [5, 5.41) is 14.8. The number of carbonyl (C=O) groups excluding carboxylic acids is 1. The molecule has 0 fully saturated rings. The van der Waals surface area contributed by atoms with Gasteiger partial charge in [0.05, 0.1) is 0 Å². The van der Waals surface area contributed by atoms with Gasteiger partial charge in [-0.15, -0.1) is 0 Å². The van der Waals surface area contributed by atoms with Crippen molar-refractivity contribution < 1.29 is 29.3 Å². The molecule has 0 aliphatic carbocycles. The van der Waals surface area contributed by atoms with Crippen molar-refractivity contribution in [3.05, 3.63) is 24.5 Å². The second kappa shape index (κ2) is 9.88. The van der Waals surface area contributed by atoms with E-state index in [4.69, 9.17) is 19.8 Å². The van der Waals surface area contributed by atoms with E-state index in [0.29, 0.717) is 6.47 Å². The number of aliphatic carboxylic acids is 2. The summed E-state index contributed by atoms with van der Waals surface area (Å²) >= 11 is 0. The fourth-order valence-electron chi connectivity index (χ4n) is 0.422. The van der Waals surface area contributed by atoms with Crippen LogP contribution in [0.1, 0.15) is 20.8 Å². The van der Waals surface area contributed by atoms with Crippen LogP contribution in [0, 0.1) is 0 Å². The monoisotopic (exact) mass is 259 g/mol. The molecule has 7 nitrogen and oxygen atoms in total. The standard InChI is InChI=1S/C5H10O2.C4H5N.C2H2O4/c1-5(2,3)7-4-6;1-2-4-5-3-1;3-1(4)2(5)6/h4H,1-3H3;1-5H;(H,3,4)(H,5,6). The molecule has 0 unspecified atom stereocenters. The Morgan fingerprint density at radius 2 is 1.50 bits per heavy atom. The Balaban J connectivity index is 0. The van der Waals surface area contributed by atoms with E-state index in [2.05, 4.69) is 9.72 Å². The van der Waals surface area contributed by atoms with Crippen LogP contribution in [-0.2, 0) is 19.1 Å². The van der Waals surface area contributed by atoms with E-state index in [1.807, 2.05) is 45.3 Å². The van der Waals surface area contributed by atoms with Crippen LogP contribution >= 0.6 is 0 Å². The minimum atomic E-state index is -1.82. The minimum absolute atomic E-state index is 0.318. The van der Waals surface area contributed by atoms with Crippen molar-refractivity contribution in [2.24, 2.45) is 0 Å². The van der Waals surface area contributed by atoms with E-state index < -0.39 is 11.9 Å². The van der Waals surface area contributed by atoms with Crippen molar-refractivity contribution in [2.45, 2.75) is 26.4 Å². The molecule has 0 radical (unpaired) electrons. The first-order chi connectivity index (χ1) is 8.20. The zero-order chi connectivity index (χ0) is 14.6. The highest BCUT2D eigenvalue weighted by atomic mass is 16.5. The highest BCUT2D eigenvalue weighted by Crippen LogP contribution is 2.02. The molecule has 18 heavy (non-hydrogen) atoms. The maximum absolute atomic E-state index is 9.60. The van der Waals surface area contributed by atoms with Crippen molar-refractivity contribution >= 4 is 18.4 Å². The quantitative estimate of drug-likeness (QED) is 0.514. The average molecular weight is 259 g/mol. The summed E-state index contributed by atoms with van der Waals surface area (Å²) < 4.78 is 4.55. The Morgan fingerprint density at radius 1 is 1.11 bits per heavy atom. The minimum Gasteiger partial charge on any atom is -0.473 e. The van der Waals surface area contributed by atoms with E-state index in [9.17, 15) is 4.79 Å². The van der Waals surface area contributed by atoms with E-state index in [1.165, 1.54) is 0 Å². The number of carboxylic acid groups (broad SMARTS) is 2. The van der Waals surface area contributed by atoms with Crippen LogP contribution in [0.5, 0.6) is 0 Å². The van der Waals surface area contributed by atoms with E-state index in [0.717, 1.165) is 0 Å². The van der Waals surface area contributed by atoms with Gasteiger partial charge in [0.25, 0.3) is 6.47 Å². The Bertz CT molecular complexity index is 310. The second-order valence-electron chi connectivity index (χ2n) is 3.82. The van der Waals surface area contributed by atoms with E-state index >= 15 is 0 Å². The number of nitrogens with one attached hydrogen (secondary N) is 1. The van der Waals surface area contributed by atoms with Crippen LogP contribution in [0.15, 0.2) is 24.5 Å². The summed E-state index contributed by atoms with van der Waals surface area (Å²) in [7, 11) is 0. The Hall–Kier alpha value is -2.31. The van der Waals surface area contributed by atoms with Crippen LogP contribution in [0.25, 0.3) is 0 Å². The molecule has 1 rings (SSSR count). The first-order valence-electron chi connectivity index (χ1n) is 4.86. The molecule has 1 heterocycles. The third kappa shape index (κ3) is 19.3. The molecule has 0 aromatic carbocycles. The van der Waals surface area contributed by atoms with Gasteiger partial charge in [-0.25, -0.2) is 9.59 Å². The summed E-state index contributed by atoms with van der Waals surface area (Å²) in [6, 6.07) is 3.89. The van der Waals surface area contributed by atoms with Crippen LogP contribution in [-0.4, -0.2) is 39.2 Å². The fraction of sp³-hybridized carbons (Fsp3) is 0.364. The number of carboxylic acids is 2. The van der Waals surface area contributed by atoms with Crippen LogP contribution in [0.4, 0.5) is 0 Å². The summed E-state index contributed by atoms with van der Waals surface area (Å²) in [4.78, 5) is 30.7. The average Bonchev–Trinajstić information content (AvgIpc) is 2.73. The Labute approximate surface area is 104 Å². The number of aromatic nitrogens is 1. The highest BCUT2D eigenvalue weighted by Gasteiger charge is 2.07. The smallest absolute Gasteiger partial charge is 0.414 e.